The van der Waals surface area contributed by atoms with Crippen molar-refractivity contribution in [2.75, 3.05) is 0 Å². The van der Waals surface area contributed by atoms with E-state index in [2.05, 4.69) is 27.1 Å². The first-order valence-electron chi connectivity index (χ1n) is 4.23. The number of aromatic amines is 2. The monoisotopic (exact) mass is 178 g/mol. The van der Waals surface area contributed by atoms with Crippen LogP contribution in [0.2, 0.25) is 0 Å². The summed E-state index contributed by atoms with van der Waals surface area (Å²) in [5.74, 6) is 0. The van der Waals surface area contributed by atoms with Gasteiger partial charge in [0.2, 0.25) is 0 Å². The molecule has 0 fully saturated rings. The van der Waals surface area contributed by atoms with Crippen molar-refractivity contribution >= 4 is 11.0 Å². The van der Waals surface area contributed by atoms with Gasteiger partial charge in [-0.1, -0.05) is 13.3 Å². The van der Waals surface area contributed by atoms with Gasteiger partial charge in [-0.3, -0.25) is 5.10 Å². The van der Waals surface area contributed by atoms with Gasteiger partial charge in [0.25, 0.3) is 0 Å². The van der Waals surface area contributed by atoms with Gasteiger partial charge in [0.15, 0.2) is 0 Å². The molecule has 0 aromatic carbocycles. The summed E-state index contributed by atoms with van der Waals surface area (Å²) in [6.07, 6.45) is 3.38. The summed E-state index contributed by atoms with van der Waals surface area (Å²) in [5.41, 5.74) is 2.13. The highest BCUT2D eigenvalue weighted by atomic mass is 16.1. The molecule has 0 spiro atoms. The fourth-order valence-electron chi connectivity index (χ4n) is 1.32. The molecule has 5 nitrogen and oxygen atoms in total. The van der Waals surface area contributed by atoms with Crippen LogP contribution in [0.4, 0.5) is 0 Å². The van der Waals surface area contributed by atoms with Crippen molar-refractivity contribution in [1.29, 1.82) is 0 Å². The van der Waals surface area contributed by atoms with Crippen molar-refractivity contribution in [1.82, 2.24) is 20.2 Å². The van der Waals surface area contributed by atoms with Crippen LogP contribution < -0.4 is 5.69 Å². The molecule has 5 heteroatoms. The molecule has 2 N–H and O–H groups in total. The van der Waals surface area contributed by atoms with Crippen LogP contribution in [-0.4, -0.2) is 20.2 Å². The van der Waals surface area contributed by atoms with Gasteiger partial charge >= 0.3 is 5.69 Å². The largest absolute Gasteiger partial charge is 0.345 e. The normalized spacial score (nSPS) is 10.8. The molecule has 13 heavy (non-hydrogen) atoms. The molecule has 2 aromatic rings. The van der Waals surface area contributed by atoms with E-state index in [1.165, 1.54) is 6.20 Å². The van der Waals surface area contributed by atoms with E-state index < -0.39 is 0 Å². The van der Waals surface area contributed by atoms with Crippen molar-refractivity contribution in [3.8, 4) is 0 Å². The minimum atomic E-state index is -0.328. The minimum absolute atomic E-state index is 0.328. The Hall–Kier alpha value is -1.65. The number of aryl methyl sites for hydroxylation is 1. The van der Waals surface area contributed by atoms with Gasteiger partial charge in [-0.15, -0.1) is 0 Å². The molecule has 0 aliphatic heterocycles. The lowest BCUT2D eigenvalue weighted by molar-refractivity contribution is 0.871. The Labute approximate surface area is 74.2 Å². The molecule has 0 saturated carbocycles. The van der Waals surface area contributed by atoms with E-state index in [1.807, 2.05) is 0 Å². The number of hydrogen-bond donors (Lipinski definition) is 2. The van der Waals surface area contributed by atoms with Crippen molar-refractivity contribution in [2.24, 2.45) is 0 Å². The Morgan fingerprint density at radius 3 is 3.15 bits per heavy atom. The first kappa shape index (κ1) is 7.97. The van der Waals surface area contributed by atoms with E-state index in [1.54, 1.807) is 0 Å². The Bertz CT molecular complexity index is 470. The van der Waals surface area contributed by atoms with E-state index >= 15 is 0 Å². The summed E-state index contributed by atoms with van der Waals surface area (Å²) < 4.78 is 0. The molecule has 2 aromatic heterocycles. The highest BCUT2D eigenvalue weighted by Gasteiger charge is 2.04. The molecule has 2 rings (SSSR count). The quantitative estimate of drug-likeness (QED) is 0.707. The smallest absolute Gasteiger partial charge is 0.302 e. The van der Waals surface area contributed by atoms with Gasteiger partial charge in [0.1, 0.15) is 5.52 Å². The lowest BCUT2D eigenvalue weighted by Crippen LogP contribution is -2.08. The lowest BCUT2D eigenvalue weighted by Gasteiger charge is -1.92. The standard InChI is InChI=1S/C8H10N4O/c1-2-3-5-7-6(12-11-5)4-9-8(13)10-7/h4H,2-3H2,1H3,(H,11,12)(H,9,10,13). The highest BCUT2D eigenvalue weighted by molar-refractivity contribution is 5.75. The summed E-state index contributed by atoms with van der Waals surface area (Å²) in [5, 5.41) is 6.90. The summed E-state index contributed by atoms with van der Waals surface area (Å²) in [7, 11) is 0. The number of nitrogens with one attached hydrogen (secondary N) is 2. The number of rotatable bonds is 2. The van der Waals surface area contributed by atoms with Crippen LogP contribution in [0, 0.1) is 0 Å². The third kappa shape index (κ3) is 1.32. The molecule has 2 heterocycles. The molecule has 0 aliphatic carbocycles. The van der Waals surface area contributed by atoms with E-state index in [0.717, 1.165) is 24.1 Å². The molecule has 0 saturated heterocycles. The van der Waals surface area contributed by atoms with Crippen LogP contribution in [0.1, 0.15) is 19.0 Å². The Morgan fingerprint density at radius 2 is 2.38 bits per heavy atom. The maximum absolute atomic E-state index is 10.9. The summed E-state index contributed by atoms with van der Waals surface area (Å²) >= 11 is 0. The number of nitrogens with zero attached hydrogens (tertiary/aromatic N) is 2. The molecule has 0 atom stereocenters. The SMILES string of the molecule is CCCc1[nH]nc2cnc(=O)[nH]c12. The van der Waals surface area contributed by atoms with Gasteiger partial charge in [0.05, 0.1) is 17.4 Å². The van der Waals surface area contributed by atoms with Gasteiger partial charge in [-0.2, -0.15) is 10.1 Å². The molecular formula is C8H10N4O. The van der Waals surface area contributed by atoms with Crippen molar-refractivity contribution < 1.29 is 0 Å². The van der Waals surface area contributed by atoms with Crippen LogP contribution in [0.25, 0.3) is 11.0 Å². The fourth-order valence-corrected chi connectivity index (χ4v) is 1.32. The van der Waals surface area contributed by atoms with Crippen molar-refractivity contribution in [2.45, 2.75) is 19.8 Å². The fraction of sp³-hybridized carbons (Fsp3) is 0.375. The number of aromatic nitrogens is 4. The van der Waals surface area contributed by atoms with Crippen LogP contribution in [0.5, 0.6) is 0 Å². The van der Waals surface area contributed by atoms with Crippen LogP contribution >= 0.6 is 0 Å². The third-order valence-corrected chi connectivity index (χ3v) is 1.91. The van der Waals surface area contributed by atoms with E-state index in [-0.39, 0.29) is 5.69 Å². The second-order valence-electron chi connectivity index (χ2n) is 2.90. The van der Waals surface area contributed by atoms with Crippen LogP contribution in [-0.2, 0) is 6.42 Å². The minimum Gasteiger partial charge on any atom is -0.302 e. The molecule has 0 aliphatic rings. The Balaban J connectivity index is 2.64. The summed E-state index contributed by atoms with van der Waals surface area (Å²) in [4.78, 5) is 17.2. The van der Waals surface area contributed by atoms with Crippen LogP contribution in [0.15, 0.2) is 11.0 Å². The predicted molar refractivity (Wildman–Crippen MR) is 48.5 cm³/mol. The zero-order chi connectivity index (χ0) is 9.26. The number of H-pyrrole nitrogens is 2. The average Bonchev–Trinajstić information content (AvgIpc) is 2.49. The molecule has 0 amide bonds. The molecule has 68 valence electrons. The van der Waals surface area contributed by atoms with Crippen LogP contribution in [0.3, 0.4) is 0 Å². The molecule has 0 radical (unpaired) electrons. The Kier molecular flexibility index (Phi) is 1.84. The molecular weight excluding hydrogens is 168 g/mol. The zero-order valence-corrected chi connectivity index (χ0v) is 7.29. The van der Waals surface area contributed by atoms with Gasteiger partial charge in [0, 0.05) is 0 Å². The molecule has 0 bridgehead atoms. The first-order valence-corrected chi connectivity index (χ1v) is 4.23. The number of hydrogen-bond acceptors (Lipinski definition) is 3. The van der Waals surface area contributed by atoms with Gasteiger partial charge in [-0.05, 0) is 6.42 Å². The van der Waals surface area contributed by atoms with Gasteiger partial charge < -0.3 is 4.98 Å². The Morgan fingerprint density at radius 1 is 1.54 bits per heavy atom. The van der Waals surface area contributed by atoms with Gasteiger partial charge in [-0.25, -0.2) is 4.79 Å². The highest BCUT2D eigenvalue weighted by Crippen LogP contribution is 2.10. The van der Waals surface area contributed by atoms with E-state index in [4.69, 9.17) is 0 Å². The van der Waals surface area contributed by atoms with E-state index in [0.29, 0.717) is 5.52 Å². The number of fused-ring (bicyclic) bond motifs is 1. The van der Waals surface area contributed by atoms with Crippen molar-refractivity contribution in [3.05, 3.63) is 22.4 Å². The molecule has 0 unspecified atom stereocenters. The first-order chi connectivity index (χ1) is 6.31. The van der Waals surface area contributed by atoms with Crippen molar-refractivity contribution in [3.63, 3.8) is 0 Å². The third-order valence-electron chi connectivity index (χ3n) is 1.91. The topological polar surface area (TPSA) is 74.4 Å². The zero-order valence-electron chi connectivity index (χ0n) is 7.29. The maximum Gasteiger partial charge on any atom is 0.345 e. The summed E-state index contributed by atoms with van der Waals surface area (Å²) in [6, 6.07) is 0. The second kappa shape index (κ2) is 3.01. The lowest BCUT2D eigenvalue weighted by atomic mass is 10.2. The van der Waals surface area contributed by atoms with E-state index in [9.17, 15) is 4.79 Å². The maximum atomic E-state index is 10.9. The predicted octanol–water partition coefficient (Wildman–Crippen LogP) is 0.599. The summed E-state index contributed by atoms with van der Waals surface area (Å²) in [6.45, 7) is 2.08. The second-order valence-corrected chi connectivity index (χ2v) is 2.90. The average molecular weight is 178 g/mol.